The lowest BCUT2D eigenvalue weighted by atomic mass is 10.1. The summed E-state index contributed by atoms with van der Waals surface area (Å²) in [4.78, 5) is 18.0. The van der Waals surface area contributed by atoms with Crippen molar-refractivity contribution >= 4 is 34.5 Å². The Balaban J connectivity index is 1.43. The van der Waals surface area contributed by atoms with Crippen LogP contribution in [0.1, 0.15) is 16.1 Å². The van der Waals surface area contributed by atoms with Crippen LogP contribution in [0, 0.1) is 6.92 Å². The number of aromatic nitrogens is 2. The Bertz CT molecular complexity index is 914. The minimum atomic E-state index is -0.0217. The first-order valence-electron chi connectivity index (χ1n) is 8.51. The van der Waals surface area contributed by atoms with E-state index in [-0.39, 0.29) is 5.91 Å². The van der Waals surface area contributed by atoms with E-state index in [2.05, 4.69) is 22.0 Å². The first-order valence-corrected chi connectivity index (χ1v) is 9.77. The van der Waals surface area contributed by atoms with E-state index in [1.165, 1.54) is 5.56 Å². The van der Waals surface area contributed by atoms with E-state index in [0.717, 1.165) is 34.4 Å². The number of carbonyl (C=O) groups excluding carboxylic acids is 1. The quantitative estimate of drug-likeness (QED) is 0.738. The van der Waals surface area contributed by atoms with E-state index in [9.17, 15) is 4.79 Å². The fraction of sp³-hybridized carbons (Fsp3) is 0.263. The van der Waals surface area contributed by atoms with Gasteiger partial charge in [-0.15, -0.1) is 11.3 Å². The number of H-pyrrole nitrogens is 1. The van der Waals surface area contributed by atoms with Crippen molar-refractivity contribution in [3.05, 3.63) is 58.1 Å². The zero-order valence-electron chi connectivity index (χ0n) is 14.4. The largest absolute Gasteiger partial charge is 0.368 e. The molecule has 0 aliphatic carbocycles. The number of amides is 1. The first kappa shape index (κ1) is 17.1. The van der Waals surface area contributed by atoms with Crippen molar-refractivity contribution in [2.24, 2.45) is 0 Å². The van der Waals surface area contributed by atoms with Crippen LogP contribution in [0.2, 0.25) is 5.02 Å². The summed E-state index contributed by atoms with van der Waals surface area (Å²) < 4.78 is 0. The van der Waals surface area contributed by atoms with Gasteiger partial charge in [0.15, 0.2) is 5.69 Å². The molecule has 5 nitrogen and oxygen atoms in total. The lowest BCUT2D eigenvalue weighted by Crippen LogP contribution is -2.49. The highest BCUT2D eigenvalue weighted by Crippen LogP contribution is 2.26. The molecule has 2 aromatic heterocycles. The number of nitrogens with one attached hydrogen (secondary N) is 1. The lowest BCUT2D eigenvalue weighted by molar-refractivity contribution is 0.0741. The van der Waals surface area contributed by atoms with Crippen molar-refractivity contribution in [2.75, 3.05) is 31.1 Å². The molecule has 1 aliphatic rings. The third-order valence-electron chi connectivity index (χ3n) is 4.66. The summed E-state index contributed by atoms with van der Waals surface area (Å²) in [7, 11) is 0. The molecule has 0 unspecified atom stereocenters. The molecule has 1 saturated heterocycles. The van der Waals surface area contributed by atoms with E-state index in [1.807, 2.05) is 46.7 Å². The second-order valence-electron chi connectivity index (χ2n) is 6.35. The fourth-order valence-corrected chi connectivity index (χ4v) is 4.08. The zero-order chi connectivity index (χ0) is 18.1. The second-order valence-corrected chi connectivity index (χ2v) is 7.74. The third-order valence-corrected chi connectivity index (χ3v) is 5.80. The Morgan fingerprint density at radius 2 is 2.00 bits per heavy atom. The molecule has 134 valence electrons. The van der Waals surface area contributed by atoms with Crippen LogP contribution in [0.5, 0.6) is 0 Å². The molecule has 0 bridgehead atoms. The highest BCUT2D eigenvalue weighted by Gasteiger charge is 2.25. The van der Waals surface area contributed by atoms with E-state index < -0.39 is 0 Å². The van der Waals surface area contributed by atoms with Gasteiger partial charge in [-0.2, -0.15) is 5.10 Å². The van der Waals surface area contributed by atoms with Gasteiger partial charge in [0.2, 0.25) is 0 Å². The van der Waals surface area contributed by atoms with Gasteiger partial charge in [0, 0.05) is 36.9 Å². The molecule has 1 N–H and O–H groups in total. The van der Waals surface area contributed by atoms with Crippen LogP contribution in [-0.4, -0.2) is 47.2 Å². The molecule has 1 amide bonds. The molecular formula is C19H19ClN4OS. The minimum absolute atomic E-state index is 0.0217. The lowest BCUT2D eigenvalue weighted by Gasteiger charge is -2.36. The van der Waals surface area contributed by atoms with Gasteiger partial charge in [-0.1, -0.05) is 23.7 Å². The molecule has 1 aliphatic heterocycles. The van der Waals surface area contributed by atoms with Gasteiger partial charge >= 0.3 is 0 Å². The van der Waals surface area contributed by atoms with E-state index >= 15 is 0 Å². The average molecular weight is 387 g/mol. The number of anilines is 1. The van der Waals surface area contributed by atoms with Gasteiger partial charge in [-0.3, -0.25) is 9.89 Å². The molecule has 3 heterocycles. The monoisotopic (exact) mass is 386 g/mol. The van der Waals surface area contributed by atoms with Gasteiger partial charge in [-0.05, 0) is 42.1 Å². The highest BCUT2D eigenvalue weighted by atomic mass is 35.5. The Labute approximate surface area is 161 Å². The summed E-state index contributed by atoms with van der Waals surface area (Å²) in [5.41, 5.74) is 3.70. The van der Waals surface area contributed by atoms with Gasteiger partial charge in [-0.25, -0.2) is 0 Å². The van der Waals surface area contributed by atoms with Crippen LogP contribution < -0.4 is 4.90 Å². The third kappa shape index (κ3) is 3.34. The number of thiophene rings is 1. The summed E-state index contributed by atoms with van der Waals surface area (Å²) in [6.07, 6.45) is 0. The van der Waals surface area contributed by atoms with Crippen LogP contribution in [0.15, 0.2) is 41.8 Å². The summed E-state index contributed by atoms with van der Waals surface area (Å²) in [5, 5.41) is 9.92. The predicted octanol–water partition coefficient (Wildman–Crippen LogP) is 4.06. The van der Waals surface area contributed by atoms with Crippen LogP contribution in [0.4, 0.5) is 5.69 Å². The molecular weight excluding hydrogens is 368 g/mol. The molecule has 3 aromatic rings. The SMILES string of the molecule is Cc1ccc(Cl)cc1N1CCN(C(=O)c2cc(-c3cccs3)[nH]n2)CC1. The number of halogens is 1. The maximum absolute atomic E-state index is 12.8. The Morgan fingerprint density at radius 1 is 1.19 bits per heavy atom. The van der Waals surface area contributed by atoms with Gasteiger partial charge in [0.05, 0.1) is 10.6 Å². The number of piperazine rings is 1. The number of hydrogen-bond donors (Lipinski definition) is 1. The highest BCUT2D eigenvalue weighted by molar-refractivity contribution is 7.13. The molecule has 7 heteroatoms. The van der Waals surface area contributed by atoms with E-state index in [1.54, 1.807) is 11.3 Å². The topological polar surface area (TPSA) is 52.2 Å². The summed E-state index contributed by atoms with van der Waals surface area (Å²) in [6.45, 7) is 5.00. The molecule has 1 aromatic carbocycles. The predicted molar refractivity (Wildman–Crippen MR) is 106 cm³/mol. The molecule has 0 radical (unpaired) electrons. The molecule has 0 atom stereocenters. The minimum Gasteiger partial charge on any atom is -0.368 e. The number of carbonyl (C=O) groups is 1. The Hall–Kier alpha value is -2.31. The number of benzene rings is 1. The number of nitrogens with zero attached hydrogens (tertiary/aromatic N) is 3. The van der Waals surface area contributed by atoms with Crippen molar-refractivity contribution in [2.45, 2.75) is 6.92 Å². The van der Waals surface area contributed by atoms with E-state index in [0.29, 0.717) is 18.8 Å². The van der Waals surface area contributed by atoms with Gasteiger partial charge < -0.3 is 9.80 Å². The average Bonchev–Trinajstić information content (AvgIpc) is 3.35. The maximum Gasteiger partial charge on any atom is 0.274 e. The van der Waals surface area contributed by atoms with Crippen LogP contribution in [0.25, 0.3) is 10.6 Å². The number of rotatable bonds is 3. The van der Waals surface area contributed by atoms with Gasteiger partial charge in [0.25, 0.3) is 5.91 Å². The van der Waals surface area contributed by atoms with E-state index in [4.69, 9.17) is 11.6 Å². The number of hydrogen-bond acceptors (Lipinski definition) is 4. The second kappa shape index (κ2) is 7.13. The van der Waals surface area contributed by atoms with Crippen molar-refractivity contribution < 1.29 is 4.79 Å². The summed E-state index contributed by atoms with van der Waals surface area (Å²) in [5.74, 6) is -0.0217. The van der Waals surface area contributed by atoms with Crippen LogP contribution >= 0.6 is 22.9 Å². The first-order chi connectivity index (χ1) is 12.6. The molecule has 26 heavy (non-hydrogen) atoms. The smallest absolute Gasteiger partial charge is 0.274 e. The normalized spacial score (nSPS) is 14.7. The Kier molecular flexibility index (Phi) is 4.70. The summed E-state index contributed by atoms with van der Waals surface area (Å²) in [6, 6.07) is 11.8. The molecule has 0 saturated carbocycles. The molecule has 1 fully saturated rings. The van der Waals surface area contributed by atoms with Gasteiger partial charge in [0.1, 0.15) is 0 Å². The van der Waals surface area contributed by atoms with Crippen LogP contribution in [0.3, 0.4) is 0 Å². The molecule has 0 spiro atoms. The number of aromatic amines is 1. The van der Waals surface area contributed by atoms with Crippen LogP contribution in [-0.2, 0) is 0 Å². The summed E-state index contributed by atoms with van der Waals surface area (Å²) >= 11 is 7.76. The molecule has 4 rings (SSSR count). The van der Waals surface area contributed by atoms with Crippen molar-refractivity contribution in [1.29, 1.82) is 0 Å². The van der Waals surface area contributed by atoms with Crippen molar-refractivity contribution in [3.8, 4) is 10.6 Å². The zero-order valence-corrected chi connectivity index (χ0v) is 16.0. The van der Waals surface area contributed by atoms with Crippen molar-refractivity contribution in [3.63, 3.8) is 0 Å². The maximum atomic E-state index is 12.8. The standard InChI is InChI=1S/C19H19ClN4OS/c1-13-4-5-14(20)11-17(13)23-6-8-24(9-7-23)19(25)16-12-15(21-22-16)18-3-2-10-26-18/h2-5,10-12H,6-9H2,1H3,(H,21,22). The number of aryl methyl sites for hydroxylation is 1. The fourth-order valence-electron chi connectivity index (χ4n) is 3.22. The Morgan fingerprint density at radius 3 is 2.73 bits per heavy atom. The van der Waals surface area contributed by atoms with Crippen molar-refractivity contribution in [1.82, 2.24) is 15.1 Å².